The van der Waals surface area contributed by atoms with E-state index in [9.17, 15) is 0 Å². The number of aromatic nitrogens is 3. The molecule has 1 aliphatic rings. The molecule has 82 valence electrons. The number of aryl methyl sites for hydroxylation is 3. The summed E-state index contributed by atoms with van der Waals surface area (Å²) >= 11 is 9.76. The van der Waals surface area contributed by atoms with Crippen molar-refractivity contribution in [1.29, 1.82) is 0 Å². The van der Waals surface area contributed by atoms with E-state index in [4.69, 9.17) is 11.6 Å². The highest BCUT2D eigenvalue weighted by atomic mass is 79.9. The van der Waals surface area contributed by atoms with Crippen LogP contribution in [0.3, 0.4) is 0 Å². The minimum absolute atomic E-state index is 0.744. The minimum atomic E-state index is 0.744. The van der Waals surface area contributed by atoms with E-state index in [2.05, 4.69) is 32.2 Å². The van der Waals surface area contributed by atoms with Crippen LogP contribution in [0.1, 0.15) is 17.2 Å². The second-order valence-electron chi connectivity index (χ2n) is 3.89. The summed E-state index contributed by atoms with van der Waals surface area (Å²) in [6.07, 6.45) is 1.88. The van der Waals surface area contributed by atoms with Crippen LogP contribution in [0.5, 0.6) is 0 Å². The Morgan fingerprint density at radius 2 is 2.12 bits per heavy atom. The van der Waals surface area contributed by atoms with Gasteiger partial charge in [-0.25, -0.2) is 0 Å². The molecule has 1 aliphatic heterocycles. The molecule has 0 amide bonds. The molecular formula is C11H9BrClN3. The molecule has 0 saturated heterocycles. The standard InChI is InChI=1S/C11H9BrClN3/c1-6-14-15-10-3-2-7-4-8(12)5-9(13)11(7)16(6)10/h4-5H,2-3H2,1H3. The van der Waals surface area contributed by atoms with Crippen LogP contribution < -0.4 is 0 Å². The quantitative estimate of drug-likeness (QED) is 0.748. The fourth-order valence-electron chi connectivity index (χ4n) is 2.17. The summed E-state index contributed by atoms with van der Waals surface area (Å²) in [6, 6.07) is 4.03. The summed E-state index contributed by atoms with van der Waals surface area (Å²) in [5.74, 6) is 1.88. The number of nitrogens with zero attached hydrogens (tertiary/aromatic N) is 3. The van der Waals surface area contributed by atoms with Crippen LogP contribution in [0.25, 0.3) is 5.69 Å². The molecule has 0 bridgehead atoms. The number of hydrogen-bond acceptors (Lipinski definition) is 2. The third-order valence-corrected chi connectivity index (χ3v) is 3.59. The Morgan fingerprint density at radius 3 is 2.94 bits per heavy atom. The first-order chi connectivity index (χ1) is 7.66. The molecule has 0 fully saturated rings. The van der Waals surface area contributed by atoms with Crippen LogP contribution in [0.2, 0.25) is 5.02 Å². The van der Waals surface area contributed by atoms with E-state index in [1.54, 1.807) is 0 Å². The molecule has 0 aliphatic carbocycles. The van der Waals surface area contributed by atoms with Crippen molar-refractivity contribution in [1.82, 2.24) is 14.8 Å². The van der Waals surface area contributed by atoms with Crippen molar-refractivity contribution in [3.63, 3.8) is 0 Å². The van der Waals surface area contributed by atoms with E-state index in [1.807, 2.05) is 17.6 Å². The molecule has 3 rings (SSSR count). The van der Waals surface area contributed by atoms with Gasteiger partial charge in [0.25, 0.3) is 0 Å². The van der Waals surface area contributed by atoms with Crippen LogP contribution in [-0.2, 0) is 12.8 Å². The number of rotatable bonds is 0. The zero-order chi connectivity index (χ0) is 11.3. The van der Waals surface area contributed by atoms with Gasteiger partial charge in [-0.3, -0.25) is 4.57 Å². The number of benzene rings is 1. The third kappa shape index (κ3) is 1.40. The van der Waals surface area contributed by atoms with Crippen molar-refractivity contribution in [2.45, 2.75) is 19.8 Å². The van der Waals surface area contributed by atoms with Crippen LogP contribution in [0.4, 0.5) is 0 Å². The lowest BCUT2D eigenvalue weighted by Crippen LogP contribution is -2.14. The molecule has 0 atom stereocenters. The molecule has 0 spiro atoms. The summed E-state index contributed by atoms with van der Waals surface area (Å²) in [7, 11) is 0. The van der Waals surface area contributed by atoms with Crippen molar-refractivity contribution in [2.24, 2.45) is 0 Å². The lowest BCUT2D eigenvalue weighted by Gasteiger charge is -2.20. The highest BCUT2D eigenvalue weighted by Gasteiger charge is 2.22. The van der Waals surface area contributed by atoms with Gasteiger partial charge in [-0.2, -0.15) is 0 Å². The molecule has 3 nitrogen and oxygen atoms in total. The SMILES string of the molecule is Cc1nnc2n1-c1c(Cl)cc(Br)cc1CC2. The van der Waals surface area contributed by atoms with E-state index >= 15 is 0 Å². The van der Waals surface area contributed by atoms with Gasteiger partial charge in [0.2, 0.25) is 0 Å². The van der Waals surface area contributed by atoms with Gasteiger partial charge in [-0.05, 0) is 31.0 Å². The van der Waals surface area contributed by atoms with Gasteiger partial charge in [-0.1, -0.05) is 27.5 Å². The third-order valence-electron chi connectivity index (χ3n) is 2.84. The number of fused-ring (bicyclic) bond motifs is 3. The molecule has 0 N–H and O–H groups in total. The van der Waals surface area contributed by atoms with Gasteiger partial charge in [-0.15, -0.1) is 10.2 Å². The Kier molecular flexibility index (Phi) is 2.30. The van der Waals surface area contributed by atoms with Gasteiger partial charge < -0.3 is 0 Å². The number of halogens is 2. The summed E-state index contributed by atoms with van der Waals surface area (Å²) in [5.41, 5.74) is 2.28. The van der Waals surface area contributed by atoms with Crippen molar-refractivity contribution in [2.75, 3.05) is 0 Å². The fraction of sp³-hybridized carbons (Fsp3) is 0.273. The zero-order valence-electron chi connectivity index (χ0n) is 8.67. The predicted octanol–water partition coefficient (Wildman–Crippen LogP) is 3.09. The van der Waals surface area contributed by atoms with E-state index in [1.165, 1.54) is 5.56 Å². The minimum Gasteiger partial charge on any atom is -0.281 e. The van der Waals surface area contributed by atoms with Crippen molar-refractivity contribution in [3.05, 3.63) is 38.8 Å². The first-order valence-corrected chi connectivity index (χ1v) is 6.23. The second kappa shape index (κ2) is 3.57. The summed E-state index contributed by atoms with van der Waals surface area (Å²) in [6.45, 7) is 1.95. The molecule has 16 heavy (non-hydrogen) atoms. The molecule has 1 aromatic carbocycles. The molecule has 0 unspecified atom stereocenters. The van der Waals surface area contributed by atoms with Crippen LogP contribution in [-0.4, -0.2) is 14.8 Å². The van der Waals surface area contributed by atoms with Gasteiger partial charge in [0, 0.05) is 10.9 Å². The first-order valence-electron chi connectivity index (χ1n) is 5.06. The van der Waals surface area contributed by atoms with E-state index in [0.717, 1.165) is 39.7 Å². The lowest BCUT2D eigenvalue weighted by molar-refractivity contribution is 0.766. The monoisotopic (exact) mass is 297 g/mol. The molecule has 0 saturated carbocycles. The molecule has 2 heterocycles. The average molecular weight is 299 g/mol. The highest BCUT2D eigenvalue weighted by molar-refractivity contribution is 9.10. The highest BCUT2D eigenvalue weighted by Crippen LogP contribution is 2.33. The van der Waals surface area contributed by atoms with Gasteiger partial charge in [0.05, 0.1) is 10.7 Å². The maximum absolute atomic E-state index is 6.30. The Labute approximate surface area is 107 Å². The molecule has 0 radical (unpaired) electrons. The van der Waals surface area contributed by atoms with Crippen molar-refractivity contribution >= 4 is 27.5 Å². The van der Waals surface area contributed by atoms with Crippen LogP contribution in [0, 0.1) is 6.92 Å². The second-order valence-corrected chi connectivity index (χ2v) is 5.22. The zero-order valence-corrected chi connectivity index (χ0v) is 11.0. The smallest absolute Gasteiger partial charge is 0.137 e. The Morgan fingerprint density at radius 1 is 1.31 bits per heavy atom. The normalized spacial score (nSPS) is 13.4. The first kappa shape index (κ1) is 10.3. The van der Waals surface area contributed by atoms with Gasteiger partial charge >= 0.3 is 0 Å². The largest absolute Gasteiger partial charge is 0.281 e. The summed E-state index contributed by atoms with van der Waals surface area (Å²) < 4.78 is 3.07. The van der Waals surface area contributed by atoms with E-state index < -0.39 is 0 Å². The van der Waals surface area contributed by atoms with Crippen LogP contribution in [0.15, 0.2) is 16.6 Å². The fourth-order valence-corrected chi connectivity index (χ4v) is 3.13. The summed E-state index contributed by atoms with van der Waals surface area (Å²) in [5, 5.41) is 9.01. The topological polar surface area (TPSA) is 30.7 Å². The summed E-state index contributed by atoms with van der Waals surface area (Å²) in [4.78, 5) is 0. The molecule has 1 aromatic heterocycles. The van der Waals surface area contributed by atoms with Crippen molar-refractivity contribution in [3.8, 4) is 5.69 Å². The maximum atomic E-state index is 6.30. The maximum Gasteiger partial charge on any atom is 0.137 e. The Hall–Kier alpha value is -0.870. The van der Waals surface area contributed by atoms with Crippen LogP contribution >= 0.6 is 27.5 Å². The van der Waals surface area contributed by atoms with Gasteiger partial charge in [0.1, 0.15) is 11.6 Å². The van der Waals surface area contributed by atoms with E-state index in [0.29, 0.717) is 0 Å². The Bertz CT molecular complexity index is 577. The molecule has 5 heteroatoms. The van der Waals surface area contributed by atoms with Crippen molar-refractivity contribution < 1.29 is 0 Å². The predicted molar refractivity (Wildman–Crippen MR) is 66.2 cm³/mol. The Balaban J connectivity index is 2.35. The lowest BCUT2D eigenvalue weighted by atomic mass is 10.0. The number of hydrogen-bond donors (Lipinski definition) is 0. The van der Waals surface area contributed by atoms with Gasteiger partial charge in [0.15, 0.2) is 0 Å². The average Bonchev–Trinajstić information content (AvgIpc) is 2.60. The molecular weight excluding hydrogens is 289 g/mol. The van der Waals surface area contributed by atoms with E-state index in [-0.39, 0.29) is 0 Å². The molecule has 2 aromatic rings.